The van der Waals surface area contributed by atoms with E-state index in [0.717, 1.165) is 31.9 Å². The molecule has 2 aromatic rings. The smallest absolute Gasteiger partial charge is 0.227 e. The monoisotopic (exact) mass is 269 g/mol. The van der Waals surface area contributed by atoms with Crippen molar-refractivity contribution in [3.63, 3.8) is 0 Å². The van der Waals surface area contributed by atoms with Crippen LogP contribution >= 0.6 is 0 Å². The fourth-order valence-electron chi connectivity index (χ4n) is 2.31. The third kappa shape index (κ3) is 3.05. The number of benzene rings is 1. The van der Waals surface area contributed by atoms with Crippen LogP contribution in [-0.4, -0.2) is 48.1 Å². The van der Waals surface area contributed by atoms with Crippen LogP contribution in [0.15, 0.2) is 42.7 Å². The highest BCUT2D eigenvalue weighted by Gasteiger charge is 2.13. The Bertz CT molecular complexity index is 532. The Morgan fingerprint density at radius 2 is 1.60 bits per heavy atom. The van der Waals surface area contributed by atoms with E-state index in [1.54, 1.807) is 12.4 Å². The van der Waals surface area contributed by atoms with Gasteiger partial charge in [-0.3, -0.25) is 0 Å². The van der Waals surface area contributed by atoms with E-state index in [-0.39, 0.29) is 0 Å². The van der Waals surface area contributed by atoms with E-state index in [1.165, 1.54) is 5.69 Å². The highest BCUT2D eigenvalue weighted by Crippen LogP contribution is 2.20. The van der Waals surface area contributed by atoms with Gasteiger partial charge in [0.05, 0.1) is 0 Å². The van der Waals surface area contributed by atoms with Crippen LogP contribution in [0.2, 0.25) is 0 Å². The third-order valence-corrected chi connectivity index (χ3v) is 3.56. The SMILES string of the molecule is CN1CCN(c2ccc(Nc3ncccn3)cc2)CC1. The molecule has 3 rings (SSSR count). The van der Waals surface area contributed by atoms with Crippen LogP contribution in [0, 0.1) is 0 Å². The first-order valence-corrected chi connectivity index (χ1v) is 6.89. The summed E-state index contributed by atoms with van der Waals surface area (Å²) < 4.78 is 0. The average Bonchev–Trinajstić information content (AvgIpc) is 2.50. The summed E-state index contributed by atoms with van der Waals surface area (Å²) in [4.78, 5) is 13.1. The molecule has 1 aliphatic heterocycles. The highest BCUT2D eigenvalue weighted by atomic mass is 15.2. The fourth-order valence-corrected chi connectivity index (χ4v) is 2.31. The van der Waals surface area contributed by atoms with Crippen LogP contribution in [-0.2, 0) is 0 Å². The molecule has 0 saturated carbocycles. The van der Waals surface area contributed by atoms with Crippen molar-refractivity contribution in [3.05, 3.63) is 42.7 Å². The third-order valence-electron chi connectivity index (χ3n) is 3.56. The Morgan fingerprint density at radius 1 is 0.950 bits per heavy atom. The van der Waals surface area contributed by atoms with E-state index in [0.29, 0.717) is 5.95 Å². The van der Waals surface area contributed by atoms with Gasteiger partial charge in [0.15, 0.2) is 0 Å². The Labute approximate surface area is 119 Å². The summed E-state index contributed by atoms with van der Waals surface area (Å²) in [6.45, 7) is 4.42. The second kappa shape index (κ2) is 5.88. The van der Waals surface area contributed by atoms with Crippen LogP contribution in [0.25, 0.3) is 0 Å². The number of hydrogen-bond acceptors (Lipinski definition) is 5. The molecule has 0 amide bonds. The van der Waals surface area contributed by atoms with Gasteiger partial charge in [-0.05, 0) is 37.4 Å². The van der Waals surface area contributed by atoms with Crippen molar-refractivity contribution in [1.29, 1.82) is 0 Å². The Morgan fingerprint density at radius 3 is 2.25 bits per heavy atom. The first kappa shape index (κ1) is 12.9. The second-order valence-electron chi connectivity index (χ2n) is 5.03. The topological polar surface area (TPSA) is 44.3 Å². The molecule has 0 radical (unpaired) electrons. The standard InChI is InChI=1S/C15H19N5/c1-19-9-11-20(12-10-19)14-5-3-13(4-6-14)18-15-16-7-2-8-17-15/h2-8H,9-12H2,1H3,(H,16,17,18). The maximum atomic E-state index is 4.16. The summed E-state index contributed by atoms with van der Waals surface area (Å²) in [5.41, 5.74) is 2.28. The molecule has 20 heavy (non-hydrogen) atoms. The van der Waals surface area contributed by atoms with Gasteiger partial charge >= 0.3 is 0 Å². The molecule has 0 bridgehead atoms. The summed E-state index contributed by atoms with van der Waals surface area (Å²) in [6, 6.07) is 10.3. The molecular formula is C15H19N5. The second-order valence-corrected chi connectivity index (χ2v) is 5.03. The zero-order valence-electron chi connectivity index (χ0n) is 11.7. The zero-order chi connectivity index (χ0) is 13.8. The number of piperazine rings is 1. The zero-order valence-corrected chi connectivity index (χ0v) is 11.7. The number of rotatable bonds is 3. The first-order chi connectivity index (χ1) is 9.81. The van der Waals surface area contributed by atoms with E-state index >= 15 is 0 Å². The van der Waals surface area contributed by atoms with Crippen molar-refractivity contribution in [1.82, 2.24) is 14.9 Å². The predicted molar refractivity (Wildman–Crippen MR) is 81.5 cm³/mol. The summed E-state index contributed by atoms with van der Waals surface area (Å²) in [5.74, 6) is 0.625. The van der Waals surface area contributed by atoms with Gasteiger partial charge in [0, 0.05) is 49.9 Å². The average molecular weight is 269 g/mol. The molecule has 0 aliphatic carbocycles. The number of aromatic nitrogens is 2. The van der Waals surface area contributed by atoms with Gasteiger partial charge in [0.25, 0.3) is 0 Å². The molecule has 1 fully saturated rings. The molecule has 0 unspecified atom stereocenters. The summed E-state index contributed by atoms with van der Waals surface area (Å²) >= 11 is 0. The lowest BCUT2D eigenvalue weighted by molar-refractivity contribution is 0.313. The van der Waals surface area contributed by atoms with Crippen molar-refractivity contribution in [2.45, 2.75) is 0 Å². The minimum atomic E-state index is 0.625. The van der Waals surface area contributed by atoms with Gasteiger partial charge in [-0.2, -0.15) is 0 Å². The van der Waals surface area contributed by atoms with Gasteiger partial charge in [-0.15, -0.1) is 0 Å². The van der Waals surface area contributed by atoms with Gasteiger partial charge in [-0.1, -0.05) is 0 Å². The lowest BCUT2D eigenvalue weighted by Crippen LogP contribution is -2.44. The summed E-state index contributed by atoms with van der Waals surface area (Å²) in [6.07, 6.45) is 3.46. The lowest BCUT2D eigenvalue weighted by Gasteiger charge is -2.34. The fraction of sp³-hybridized carbons (Fsp3) is 0.333. The van der Waals surface area contributed by atoms with Crippen molar-refractivity contribution in [3.8, 4) is 0 Å². The molecule has 1 saturated heterocycles. The van der Waals surface area contributed by atoms with Gasteiger partial charge in [0.1, 0.15) is 0 Å². The molecule has 104 valence electrons. The number of anilines is 3. The number of nitrogens with zero attached hydrogens (tertiary/aromatic N) is 4. The van der Waals surface area contributed by atoms with Crippen LogP contribution in [0.1, 0.15) is 0 Å². The maximum Gasteiger partial charge on any atom is 0.227 e. The van der Waals surface area contributed by atoms with E-state index in [4.69, 9.17) is 0 Å². The highest BCUT2D eigenvalue weighted by molar-refractivity contribution is 5.59. The molecule has 5 nitrogen and oxygen atoms in total. The van der Waals surface area contributed by atoms with Crippen LogP contribution in [0.3, 0.4) is 0 Å². The van der Waals surface area contributed by atoms with E-state index < -0.39 is 0 Å². The summed E-state index contributed by atoms with van der Waals surface area (Å²) in [5, 5.41) is 3.19. The number of likely N-dealkylation sites (N-methyl/N-ethyl adjacent to an activating group) is 1. The van der Waals surface area contributed by atoms with Crippen molar-refractivity contribution >= 4 is 17.3 Å². The number of nitrogens with one attached hydrogen (secondary N) is 1. The normalized spacial score (nSPS) is 16.1. The summed E-state index contributed by atoms with van der Waals surface area (Å²) in [7, 11) is 2.17. The van der Waals surface area contributed by atoms with E-state index in [1.807, 2.05) is 6.07 Å². The molecule has 1 aliphatic rings. The molecule has 1 aromatic heterocycles. The molecular weight excluding hydrogens is 250 g/mol. The van der Waals surface area contributed by atoms with Gasteiger partial charge < -0.3 is 15.1 Å². The number of hydrogen-bond donors (Lipinski definition) is 1. The lowest BCUT2D eigenvalue weighted by atomic mass is 10.2. The van der Waals surface area contributed by atoms with Crippen LogP contribution in [0.5, 0.6) is 0 Å². The first-order valence-electron chi connectivity index (χ1n) is 6.89. The Balaban J connectivity index is 1.65. The molecule has 0 spiro atoms. The van der Waals surface area contributed by atoms with Gasteiger partial charge in [-0.25, -0.2) is 9.97 Å². The molecule has 1 N–H and O–H groups in total. The van der Waals surface area contributed by atoms with E-state index in [2.05, 4.69) is 56.4 Å². The van der Waals surface area contributed by atoms with Crippen molar-refractivity contribution < 1.29 is 0 Å². The van der Waals surface area contributed by atoms with Crippen molar-refractivity contribution in [2.24, 2.45) is 0 Å². The minimum Gasteiger partial charge on any atom is -0.369 e. The largest absolute Gasteiger partial charge is 0.369 e. The van der Waals surface area contributed by atoms with E-state index in [9.17, 15) is 0 Å². The molecule has 0 atom stereocenters. The van der Waals surface area contributed by atoms with Crippen molar-refractivity contribution in [2.75, 3.05) is 43.4 Å². The quantitative estimate of drug-likeness (QED) is 0.923. The Kier molecular flexibility index (Phi) is 3.78. The Hall–Kier alpha value is -2.14. The molecule has 1 aromatic carbocycles. The van der Waals surface area contributed by atoms with Crippen LogP contribution < -0.4 is 10.2 Å². The predicted octanol–water partition coefficient (Wildman–Crippen LogP) is 1.97. The maximum absolute atomic E-state index is 4.16. The minimum absolute atomic E-state index is 0.625. The molecule has 5 heteroatoms. The van der Waals surface area contributed by atoms with Gasteiger partial charge in [0.2, 0.25) is 5.95 Å². The van der Waals surface area contributed by atoms with Crippen LogP contribution in [0.4, 0.5) is 17.3 Å². The molecule has 2 heterocycles.